The molecule has 26 heavy (non-hydrogen) atoms. The van der Waals surface area contributed by atoms with E-state index in [0.29, 0.717) is 0 Å². The van der Waals surface area contributed by atoms with Crippen LogP contribution in [0, 0.1) is 5.92 Å². The number of carbonyl (C=O) groups excluding carboxylic acids is 1. The van der Waals surface area contributed by atoms with Crippen LogP contribution in [-0.4, -0.2) is 22.0 Å². The molecule has 2 aromatic carbocycles. The van der Waals surface area contributed by atoms with E-state index in [1.807, 2.05) is 6.07 Å². The molecule has 1 aliphatic carbocycles. The van der Waals surface area contributed by atoms with Crippen LogP contribution in [0.25, 0.3) is 11.0 Å². The number of fused-ring (bicyclic) bond motifs is 1. The molecule has 0 aliphatic heterocycles. The summed E-state index contributed by atoms with van der Waals surface area (Å²) >= 11 is 3.49. The van der Waals surface area contributed by atoms with Crippen molar-refractivity contribution < 1.29 is 4.79 Å². The van der Waals surface area contributed by atoms with Crippen LogP contribution in [-0.2, 0) is 17.8 Å². The van der Waals surface area contributed by atoms with E-state index in [1.165, 1.54) is 5.56 Å². The molecular weight excluding hydrogens is 390 g/mol. The summed E-state index contributed by atoms with van der Waals surface area (Å²) in [6.45, 7) is 1.52. The van der Waals surface area contributed by atoms with Crippen molar-refractivity contribution in [3.05, 3.63) is 64.4 Å². The third kappa shape index (κ3) is 3.98. The topological polar surface area (TPSA) is 46.9 Å². The Kier molecular flexibility index (Phi) is 5.07. The Hall–Kier alpha value is -2.14. The quantitative estimate of drug-likeness (QED) is 0.588. The molecule has 0 unspecified atom stereocenters. The zero-order valence-electron chi connectivity index (χ0n) is 14.6. The zero-order valence-corrected chi connectivity index (χ0v) is 16.2. The van der Waals surface area contributed by atoms with E-state index in [4.69, 9.17) is 4.98 Å². The number of amides is 1. The van der Waals surface area contributed by atoms with Crippen molar-refractivity contribution in [1.29, 1.82) is 0 Å². The van der Waals surface area contributed by atoms with Gasteiger partial charge in [-0.05, 0) is 49.1 Å². The average Bonchev–Trinajstić information content (AvgIpc) is 3.45. The molecule has 1 aliphatic rings. The number of hydrogen-bond donors (Lipinski definition) is 1. The van der Waals surface area contributed by atoms with Gasteiger partial charge in [0, 0.05) is 29.9 Å². The minimum absolute atomic E-state index is 0.216. The summed E-state index contributed by atoms with van der Waals surface area (Å²) < 4.78 is 3.38. The zero-order chi connectivity index (χ0) is 17.9. The first-order chi connectivity index (χ1) is 12.7. The van der Waals surface area contributed by atoms with Gasteiger partial charge in [-0.25, -0.2) is 4.98 Å². The fourth-order valence-electron chi connectivity index (χ4n) is 3.21. The van der Waals surface area contributed by atoms with E-state index in [1.54, 1.807) is 0 Å². The van der Waals surface area contributed by atoms with Crippen LogP contribution >= 0.6 is 15.9 Å². The second-order valence-electron chi connectivity index (χ2n) is 6.90. The Morgan fingerprint density at radius 3 is 2.69 bits per heavy atom. The number of nitrogens with one attached hydrogen (secondary N) is 1. The van der Waals surface area contributed by atoms with Gasteiger partial charge in [0.2, 0.25) is 5.91 Å². The van der Waals surface area contributed by atoms with Gasteiger partial charge in [0.15, 0.2) is 0 Å². The Balaban J connectivity index is 1.49. The molecule has 3 aromatic rings. The maximum absolute atomic E-state index is 11.8. The molecule has 4 rings (SSSR count). The second kappa shape index (κ2) is 7.62. The molecule has 134 valence electrons. The number of imidazole rings is 1. The number of para-hydroxylation sites is 2. The molecule has 1 N–H and O–H groups in total. The Morgan fingerprint density at radius 2 is 1.92 bits per heavy atom. The minimum Gasteiger partial charge on any atom is -0.356 e. The summed E-state index contributed by atoms with van der Waals surface area (Å²) in [6.07, 6.45) is 3.86. The van der Waals surface area contributed by atoms with Crippen LogP contribution in [0.15, 0.2) is 53.0 Å². The largest absolute Gasteiger partial charge is 0.356 e. The van der Waals surface area contributed by atoms with Gasteiger partial charge in [-0.2, -0.15) is 0 Å². The van der Waals surface area contributed by atoms with Crippen LogP contribution < -0.4 is 5.32 Å². The highest BCUT2D eigenvalue weighted by Gasteiger charge is 2.29. The number of hydrogen-bond acceptors (Lipinski definition) is 2. The smallest absolute Gasteiger partial charge is 0.223 e. The summed E-state index contributed by atoms with van der Waals surface area (Å²) in [5, 5.41) is 3.04. The highest BCUT2D eigenvalue weighted by atomic mass is 79.9. The van der Waals surface area contributed by atoms with Crippen molar-refractivity contribution in [2.45, 2.75) is 32.2 Å². The molecule has 1 fully saturated rings. The molecular formula is C21H22BrN3O. The van der Waals surface area contributed by atoms with E-state index in [2.05, 4.69) is 68.3 Å². The molecule has 0 atom stereocenters. The molecule has 4 nitrogen and oxygen atoms in total. The number of carbonyl (C=O) groups is 1. The maximum atomic E-state index is 11.8. The first-order valence-electron chi connectivity index (χ1n) is 9.17. The molecule has 1 saturated carbocycles. The van der Waals surface area contributed by atoms with Crippen molar-refractivity contribution in [3.8, 4) is 0 Å². The third-order valence-electron chi connectivity index (χ3n) is 4.81. The molecule has 1 heterocycles. The summed E-state index contributed by atoms with van der Waals surface area (Å²) in [4.78, 5) is 16.6. The normalized spacial score (nSPS) is 13.9. The number of aromatic nitrogens is 2. The predicted molar refractivity (Wildman–Crippen MR) is 107 cm³/mol. The number of rotatable bonds is 7. The van der Waals surface area contributed by atoms with Crippen LogP contribution in [0.2, 0.25) is 0 Å². The fourth-order valence-corrected chi connectivity index (χ4v) is 3.48. The lowest BCUT2D eigenvalue weighted by Crippen LogP contribution is -2.26. The lowest BCUT2D eigenvalue weighted by Gasteiger charge is -2.10. The van der Waals surface area contributed by atoms with E-state index < -0.39 is 0 Å². The van der Waals surface area contributed by atoms with Crippen LogP contribution in [0.3, 0.4) is 0 Å². The second-order valence-corrected chi connectivity index (χ2v) is 7.81. The highest BCUT2D eigenvalue weighted by Crippen LogP contribution is 2.28. The first kappa shape index (κ1) is 17.3. The summed E-state index contributed by atoms with van der Waals surface area (Å²) in [7, 11) is 0. The van der Waals surface area contributed by atoms with Gasteiger partial charge in [0.05, 0.1) is 11.0 Å². The van der Waals surface area contributed by atoms with Crippen molar-refractivity contribution >= 4 is 32.9 Å². The van der Waals surface area contributed by atoms with Crippen molar-refractivity contribution in [1.82, 2.24) is 14.9 Å². The van der Waals surface area contributed by atoms with Crippen LogP contribution in [0.1, 0.15) is 30.7 Å². The Bertz CT molecular complexity index is 913. The number of aryl methyl sites for hydroxylation is 1. The van der Waals surface area contributed by atoms with Crippen LogP contribution in [0.5, 0.6) is 0 Å². The van der Waals surface area contributed by atoms with Gasteiger partial charge in [0.25, 0.3) is 0 Å². The van der Waals surface area contributed by atoms with Gasteiger partial charge < -0.3 is 9.88 Å². The number of benzene rings is 2. The number of nitrogens with zero attached hydrogens (tertiary/aromatic N) is 2. The Labute approximate surface area is 161 Å². The van der Waals surface area contributed by atoms with E-state index >= 15 is 0 Å². The molecule has 0 saturated heterocycles. The van der Waals surface area contributed by atoms with Gasteiger partial charge in [-0.3, -0.25) is 4.79 Å². The lowest BCUT2D eigenvalue weighted by atomic mass is 10.2. The van der Waals surface area contributed by atoms with E-state index in [9.17, 15) is 4.79 Å². The summed E-state index contributed by atoms with van der Waals surface area (Å²) in [5.74, 6) is 1.57. The molecule has 0 bridgehead atoms. The molecule has 1 amide bonds. The molecule has 0 radical (unpaired) electrons. The van der Waals surface area contributed by atoms with Crippen LogP contribution in [0.4, 0.5) is 0 Å². The average molecular weight is 412 g/mol. The monoisotopic (exact) mass is 411 g/mol. The minimum atomic E-state index is 0.216. The third-order valence-corrected chi connectivity index (χ3v) is 5.34. The van der Waals surface area contributed by atoms with Crippen molar-refractivity contribution in [3.63, 3.8) is 0 Å². The van der Waals surface area contributed by atoms with Crippen molar-refractivity contribution in [2.24, 2.45) is 5.92 Å². The molecule has 1 aromatic heterocycles. The Morgan fingerprint density at radius 1 is 1.15 bits per heavy atom. The van der Waals surface area contributed by atoms with Gasteiger partial charge in [-0.1, -0.05) is 40.2 Å². The summed E-state index contributed by atoms with van der Waals surface area (Å²) in [5.41, 5.74) is 3.44. The standard InChI is InChI=1S/C21H22BrN3O/c22-17-11-7-15(8-12-17)14-25-19-5-2-1-4-18(19)24-20(25)6-3-13-23-21(26)16-9-10-16/h1-2,4-5,7-8,11-12,16H,3,6,9-10,13-14H2,(H,23,26). The first-order valence-corrected chi connectivity index (χ1v) is 9.96. The SMILES string of the molecule is O=C(NCCCc1nc2ccccc2n1Cc1ccc(Br)cc1)C1CC1. The van der Waals surface area contributed by atoms with Gasteiger partial charge in [-0.15, -0.1) is 0 Å². The van der Waals surface area contributed by atoms with E-state index in [-0.39, 0.29) is 11.8 Å². The van der Waals surface area contributed by atoms with Gasteiger partial charge >= 0.3 is 0 Å². The maximum Gasteiger partial charge on any atom is 0.223 e. The highest BCUT2D eigenvalue weighted by molar-refractivity contribution is 9.10. The van der Waals surface area contributed by atoms with E-state index in [0.717, 1.165) is 60.1 Å². The fraction of sp³-hybridized carbons (Fsp3) is 0.333. The number of halogens is 1. The molecule has 5 heteroatoms. The lowest BCUT2D eigenvalue weighted by molar-refractivity contribution is -0.122. The summed E-state index contributed by atoms with van der Waals surface area (Å²) in [6, 6.07) is 16.7. The van der Waals surface area contributed by atoms with Gasteiger partial charge in [0.1, 0.15) is 5.82 Å². The molecule has 0 spiro atoms. The van der Waals surface area contributed by atoms with Crippen molar-refractivity contribution in [2.75, 3.05) is 6.54 Å². The predicted octanol–water partition coefficient (Wildman–Crippen LogP) is 4.31.